The van der Waals surface area contributed by atoms with Gasteiger partial charge in [-0.15, -0.1) is 0 Å². The molecule has 3 aromatic rings. The average Bonchev–Trinajstić information content (AvgIpc) is 3.35. The largest absolute Gasteiger partial charge is 0.489 e. The molecular weight excluding hydrogens is 435 g/mol. The van der Waals surface area contributed by atoms with E-state index in [0.29, 0.717) is 49.4 Å². The van der Waals surface area contributed by atoms with Crippen molar-refractivity contribution in [3.05, 3.63) is 77.2 Å². The predicted octanol–water partition coefficient (Wildman–Crippen LogP) is 4.96. The fraction of sp³-hybridized carbons (Fsp3) is 0.296. The summed E-state index contributed by atoms with van der Waals surface area (Å²) in [5.74, 6) is 3.07. The fourth-order valence-corrected chi connectivity index (χ4v) is 5.04. The van der Waals surface area contributed by atoms with Crippen LogP contribution >= 0.6 is 0 Å². The molecule has 6 nitrogen and oxygen atoms in total. The van der Waals surface area contributed by atoms with Gasteiger partial charge >= 0.3 is 0 Å². The van der Waals surface area contributed by atoms with E-state index in [2.05, 4.69) is 10.3 Å². The highest BCUT2D eigenvalue weighted by molar-refractivity contribution is 5.93. The number of benzene rings is 2. The van der Waals surface area contributed by atoms with Gasteiger partial charge in [-0.05, 0) is 54.8 Å². The average molecular weight is 458 g/mol. The summed E-state index contributed by atoms with van der Waals surface area (Å²) in [5, 5.41) is 2.79. The number of rotatable bonds is 7. The van der Waals surface area contributed by atoms with E-state index in [0.717, 1.165) is 22.4 Å². The van der Waals surface area contributed by atoms with Crippen LogP contribution in [0.4, 0.5) is 10.2 Å². The van der Waals surface area contributed by atoms with Gasteiger partial charge in [0, 0.05) is 48.4 Å². The summed E-state index contributed by atoms with van der Waals surface area (Å²) in [5.41, 5.74) is 2.94. The molecule has 0 spiro atoms. The number of hydrogen-bond acceptors (Lipinski definition) is 5. The summed E-state index contributed by atoms with van der Waals surface area (Å²) in [6.45, 7) is 0. The van der Waals surface area contributed by atoms with Gasteiger partial charge in [-0.25, -0.2) is 9.37 Å². The second-order valence-electron chi connectivity index (χ2n) is 9.13. The highest BCUT2D eigenvalue weighted by Gasteiger charge is 2.58. The summed E-state index contributed by atoms with van der Waals surface area (Å²) in [6.07, 6.45) is 4.22. The molecule has 3 aliphatic rings. The van der Waals surface area contributed by atoms with Crippen LogP contribution in [0.25, 0.3) is 0 Å². The van der Waals surface area contributed by atoms with Gasteiger partial charge in [0.05, 0.1) is 0 Å². The highest BCUT2D eigenvalue weighted by atomic mass is 19.1. The van der Waals surface area contributed by atoms with Crippen LogP contribution in [-0.2, 0) is 22.4 Å². The van der Waals surface area contributed by atoms with Gasteiger partial charge in [0.2, 0.25) is 5.91 Å². The minimum Gasteiger partial charge on any atom is -0.489 e. The minimum atomic E-state index is -0.268. The van der Waals surface area contributed by atoms with E-state index >= 15 is 0 Å². The molecule has 0 saturated heterocycles. The lowest BCUT2D eigenvalue weighted by Crippen LogP contribution is -2.20. The Balaban J connectivity index is 1.10. The van der Waals surface area contributed by atoms with Crippen molar-refractivity contribution in [2.45, 2.75) is 44.1 Å². The van der Waals surface area contributed by atoms with Gasteiger partial charge in [-0.3, -0.25) is 9.59 Å². The number of halogens is 1. The molecule has 2 aliphatic heterocycles. The van der Waals surface area contributed by atoms with Crippen molar-refractivity contribution in [1.82, 2.24) is 4.98 Å². The molecule has 3 atom stereocenters. The van der Waals surface area contributed by atoms with Crippen LogP contribution in [-0.4, -0.2) is 22.8 Å². The third-order valence-electron chi connectivity index (χ3n) is 6.87. The van der Waals surface area contributed by atoms with Gasteiger partial charge in [-0.2, -0.15) is 0 Å². The topological polar surface area (TPSA) is 77.5 Å². The van der Waals surface area contributed by atoms with Crippen LogP contribution in [0.1, 0.15) is 41.9 Å². The number of amides is 1. The standard InChI is InChI=1S/C27H23FN2O4/c28-16-4-1-15(2-5-16)3-6-17(31)13-21-25-20-14-18(7-9-22(20)34-26(21)25)33-23-11-12-29-27-19(23)8-10-24(32)30-27/h1-2,4-5,7,9,11-12,14,21,25-26H,3,6,8,10,13H2,(H,29,30,32)/t21-,25-,26+/m0/s1. The highest BCUT2D eigenvalue weighted by Crippen LogP contribution is 2.60. The van der Waals surface area contributed by atoms with Crippen LogP contribution < -0.4 is 14.8 Å². The number of fused-ring (bicyclic) bond motifs is 4. The molecule has 1 saturated carbocycles. The predicted molar refractivity (Wildman–Crippen MR) is 123 cm³/mol. The molecule has 0 radical (unpaired) electrons. The number of carbonyl (C=O) groups excluding carboxylic acids is 2. The zero-order valence-corrected chi connectivity index (χ0v) is 18.4. The third kappa shape index (κ3) is 3.91. The quantitative estimate of drug-likeness (QED) is 0.541. The number of nitrogens with zero attached hydrogens (tertiary/aromatic N) is 1. The number of pyridine rings is 1. The third-order valence-corrected chi connectivity index (χ3v) is 6.87. The molecule has 1 N–H and O–H groups in total. The molecular formula is C27H23FN2O4. The second kappa shape index (κ2) is 8.24. The van der Waals surface area contributed by atoms with Crippen LogP contribution in [0.15, 0.2) is 54.7 Å². The SMILES string of the molecule is O=C(CCc1ccc(F)cc1)C[C@@H]1[C@H]2Oc3ccc(Oc4ccnc5c4CCC(=O)N5)cc3[C@@H]12. The van der Waals surface area contributed by atoms with Crippen molar-refractivity contribution in [2.75, 3.05) is 5.32 Å². The lowest BCUT2D eigenvalue weighted by molar-refractivity contribution is -0.119. The molecule has 1 aromatic heterocycles. The summed E-state index contributed by atoms with van der Waals surface area (Å²) >= 11 is 0. The Hall–Kier alpha value is -3.74. The fourth-order valence-electron chi connectivity index (χ4n) is 5.04. The van der Waals surface area contributed by atoms with Crippen molar-refractivity contribution >= 4 is 17.5 Å². The second-order valence-corrected chi connectivity index (χ2v) is 9.13. The van der Waals surface area contributed by atoms with E-state index in [-0.39, 0.29) is 35.4 Å². The zero-order chi connectivity index (χ0) is 23.2. The Morgan fingerprint density at radius 1 is 1.15 bits per heavy atom. The number of hydrogen-bond donors (Lipinski definition) is 1. The lowest BCUT2D eigenvalue weighted by Gasteiger charge is -2.19. The first-order valence-electron chi connectivity index (χ1n) is 11.6. The van der Waals surface area contributed by atoms with E-state index in [9.17, 15) is 14.0 Å². The van der Waals surface area contributed by atoms with Gasteiger partial charge < -0.3 is 14.8 Å². The first kappa shape index (κ1) is 20.8. The Bertz CT molecular complexity index is 1290. The molecule has 1 fully saturated rings. The van der Waals surface area contributed by atoms with E-state index in [1.807, 2.05) is 24.3 Å². The number of anilines is 1. The first-order valence-corrected chi connectivity index (χ1v) is 11.6. The smallest absolute Gasteiger partial charge is 0.225 e. The summed E-state index contributed by atoms with van der Waals surface area (Å²) in [7, 11) is 0. The number of carbonyl (C=O) groups is 2. The Morgan fingerprint density at radius 2 is 2.00 bits per heavy atom. The molecule has 1 amide bonds. The maximum absolute atomic E-state index is 13.1. The molecule has 0 unspecified atom stereocenters. The number of nitrogens with one attached hydrogen (secondary N) is 1. The molecule has 6 rings (SSSR count). The lowest BCUT2D eigenvalue weighted by atomic mass is 10.0. The number of aromatic nitrogens is 1. The van der Waals surface area contributed by atoms with Crippen LogP contribution in [0, 0.1) is 11.7 Å². The molecule has 34 heavy (non-hydrogen) atoms. The first-order chi connectivity index (χ1) is 16.5. The minimum absolute atomic E-state index is 0.0372. The molecule has 3 heterocycles. The molecule has 0 bridgehead atoms. The van der Waals surface area contributed by atoms with Crippen molar-refractivity contribution in [3.8, 4) is 17.2 Å². The van der Waals surface area contributed by atoms with E-state index in [1.54, 1.807) is 18.3 Å². The van der Waals surface area contributed by atoms with Crippen molar-refractivity contribution in [1.29, 1.82) is 0 Å². The van der Waals surface area contributed by atoms with Crippen LogP contribution in [0.3, 0.4) is 0 Å². The van der Waals surface area contributed by atoms with Gasteiger partial charge in [0.25, 0.3) is 0 Å². The summed E-state index contributed by atoms with van der Waals surface area (Å²) < 4.78 is 25.3. The molecule has 172 valence electrons. The van der Waals surface area contributed by atoms with Crippen molar-refractivity contribution < 1.29 is 23.5 Å². The van der Waals surface area contributed by atoms with E-state index < -0.39 is 0 Å². The Morgan fingerprint density at radius 3 is 2.85 bits per heavy atom. The molecule has 7 heteroatoms. The van der Waals surface area contributed by atoms with Crippen molar-refractivity contribution in [3.63, 3.8) is 0 Å². The Kier molecular flexibility index (Phi) is 5.05. The molecule has 2 aromatic carbocycles. The normalized spacial score (nSPS) is 21.6. The summed E-state index contributed by atoms with van der Waals surface area (Å²) in [4.78, 5) is 28.5. The number of aryl methyl sites for hydroxylation is 1. The monoisotopic (exact) mass is 458 g/mol. The molecule has 1 aliphatic carbocycles. The van der Waals surface area contributed by atoms with Gasteiger partial charge in [-0.1, -0.05) is 12.1 Å². The number of Topliss-reactive ketones (excluding diaryl/α,β-unsaturated/α-hetero) is 1. The van der Waals surface area contributed by atoms with Gasteiger partial charge in [0.1, 0.15) is 40.8 Å². The maximum Gasteiger partial charge on any atom is 0.225 e. The summed E-state index contributed by atoms with van der Waals surface area (Å²) in [6, 6.07) is 13.9. The maximum atomic E-state index is 13.1. The van der Waals surface area contributed by atoms with Crippen LogP contribution in [0.5, 0.6) is 17.2 Å². The van der Waals surface area contributed by atoms with Gasteiger partial charge in [0.15, 0.2) is 0 Å². The number of ether oxygens (including phenoxy) is 2. The Labute approximate surface area is 196 Å². The van der Waals surface area contributed by atoms with Crippen molar-refractivity contribution in [2.24, 2.45) is 5.92 Å². The van der Waals surface area contributed by atoms with Crippen LogP contribution in [0.2, 0.25) is 0 Å². The zero-order valence-electron chi connectivity index (χ0n) is 18.4. The van der Waals surface area contributed by atoms with E-state index in [1.165, 1.54) is 12.1 Å². The van der Waals surface area contributed by atoms with E-state index in [4.69, 9.17) is 9.47 Å². The number of ketones is 1.